The molecule has 15 heteroatoms. The summed E-state index contributed by atoms with van der Waals surface area (Å²) in [4.78, 5) is 80.5. The molecule has 0 saturated carbocycles. The summed E-state index contributed by atoms with van der Waals surface area (Å²) >= 11 is 4.30. The third-order valence-electron chi connectivity index (χ3n) is 8.90. The largest absolute Gasteiger partial charge is 0.480 e. The molecule has 0 aliphatic carbocycles. The van der Waals surface area contributed by atoms with Gasteiger partial charge in [-0.05, 0) is 36.0 Å². The van der Waals surface area contributed by atoms with Crippen LogP contribution in [0.15, 0.2) is 91.0 Å². The van der Waals surface area contributed by atoms with Crippen molar-refractivity contribution in [2.75, 3.05) is 18.9 Å². The molecule has 4 rings (SSSR count). The van der Waals surface area contributed by atoms with E-state index < -0.39 is 78.4 Å². The van der Waals surface area contributed by atoms with Gasteiger partial charge in [-0.15, -0.1) is 0 Å². The number of carboxylic acid groups (broad SMARTS) is 1. The Morgan fingerprint density at radius 2 is 1.15 bits per heavy atom. The number of amides is 5. The molecule has 1 saturated heterocycles. The van der Waals surface area contributed by atoms with E-state index in [-0.39, 0.29) is 31.6 Å². The Kier molecular flexibility index (Phi) is 15.4. The second-order valence-electron chi connectivity index (χ2n) is 12.8. The number of thiol groups is 1. The maximum absolute atomic E-state index is 13.8. The molecule has 6 atom stereocenters. The van der Waals surface area contributed by atoms with Crippen molar-refractivity contribution in [3.05, 3.63) is 108 Å². The van der Waals surface area contributed by atoms with E-state index >= 15 is 0 Å². The number of carbonyl (C=O) groups excluding carboxylic acids is 5. The number of aliphatic hydroxyl groups is 1. The minimum atomic E-state index is -1.43. The maximum Gasteiger partial charge on any atom is 0.326 e. The monoisotopic (exact) mass is 746 g/mol. The van der Waals surface area contributed by atoms with Crippen molar-refractivity contribution in [1.29, 1.82) is 0 Å². The van der Waals surface area contributed by atoms with Crippen molar-refractivity contribution in [3.8, 4) is 0 Å². The van der Waals surface area contributed by atoms with Gasteiger partial charge in [0, 0.05) is 25.1 Å². The summed E-state index contributed by atoms with van der Waals surface area (Å²) in [6.07, 6.45) is 1.01. The van der Waals surface area contributed by atoms with Gasteiger partial charge in [0.25, 0.3) is 0 Å². The Morgan fingerprint density at radius 3 is 1.66 bits per heavy atom. The number of benzene rings is 3. The molecule has 0 unspecified atom stereocenters. The zero-order valence-electron chi connectivity index (χ0n) is 29.1. The molecular weight excluding hydrogens is 701 g/mol. The third-order valence-corrected chi connectivity index (χ3v) is 9.26. The van der Waals surface area contributed by atoms with Gasteiger partial charge in [0.05, 0.1) is 12.6 Å². The third kappa shape index (κ3) is 11.9. The quantitative estimate of drug-likeness (QED) is 0.0819. The summed E-state index contributed by atoms with van der Waals surface area (Å²) in [6.45, 7) is -0.582. The average molecular weight is 747 g/mol. The maximum atomic E-state index is 13.8. The van der Waals surface area contributed by atoms with Crippen LogP contribution in [0.2, 0.25) is 0 Å². The summed E-state index contributed by atoms with van der Waals surface area (Å²) < 4.78 is 0. The van der Waals surface area contributed by atoms with Gasteiger partial charge in [-0.2, -0.15) is 12.6 Å². The number of nitrogens with zero attached hydrogens (tertiary/aromatic N) is 1. The molecule has 0 bridgehead atoms. The molecule has 5 amide bonds. The van der Waals surface area contributed by atoms with Gasteiger partial charge in [0.1, 0.15) is 30.2 Å². The topological polar surface area (TPSA) is 220 Å². The molecule has 0 spiro atoms. The molecule has 1 aliphatic heterocycles. The highest BCUT2D eigenvalue weighted by molar-refractivity contribution is 7.80. The normalized spacial score (nSPS) is 16.7. The first-order chi connectivity index (χ1) is 25.5. The standard InChI is InChI=1S/C38H46N6O8S/c39-27(19-24-11-4-1-5-12-24)33(46)42-30(22-45)35(48)40-28(20-25-13-6-2-7-14-25)34(47)43-31(23-53)37(50)44-18-10-17-32(44)36(49)41-29(38(51)52)21-26-15-8-3-9-16-26/h1-9,11-16,27-32,45,53H,10,17-23,39H2,(H,40,48)(H,41,49)(H,42,46)(H,43,47)(H,51,52)/t27-,28-,29-,30-,31-,32-/m0/s1. The van der Waals surface area contributed by atoms with E-state index in [4.69, 9.17) is 5.73 Å². The number of carboxylic acids is 1. The summed E-state index contributed by atoms with van der Waals surface area (Å²) in [6, 6.07) is 19.6. The lowest BCUT2D eigenvalue weighted by molar-refractivity contribution is -0.144. The summed E-state index contributed by atoms with van der Waals surface area (Å²) in [5.74, 6) is -4.86. The van der Waals surface area contributed by atoms with E-state index in [1.807, 2.05) is 6.07 Å². The Balaban J connectivity index is 1.43. The van der Waals surface area contributed by atoms with Crippen LogP contribution in [-0.4, -0.2) is 106 Å². The highest BCUT2D eigenvalue weighted by Gasteiger charge is 2.39. The number of nitrogens with one attached hydrogen (secondary N) is 4. The molecule has 53 heavy (non-hydrogen) atoms. The van der Waals surface area contributed by atoms with Crippen molar-refractivity contribution in [2.45, 2.75) is 68.4 Å². The fourth-order valence-corrected chi connectivity index (χ4v) is 6.29. The Morgan fingerprint density at radius 1 is 0.679 bits per heavy atom. The SMILES string of the molecule is N[C@@H](Cc1ccccc1)C(=O)N[C@@H](CO)C(=O)N[C@@H](Cc1ccccc1)C(=O)N[C@@H](CS)C(=O)N1CCC[C@H]1C(=O)N[C@@H](Cc1ccccc1)C(=O)O. The Labute approximate surface area is 313 Å². The lowest BCUT2D eigenvalue weighted by Gasteiger charge is -2.30. The van der Waals surface area contributed by atoms with Crippen molar-refractivity contribution in [3.63, 3.8) is 0 Å². The van der Waals surface area contributed by atoms with Crippen LogP contribution in [0.4, 0.5) is 0 Å². The molecule has 8 N–H and O–H groups in total. The lowest BCUT2D eigenvalue weighted by Crippen LogP contribution is -2.60. The molecule has 1 aliphatic rings. The molecule has 3 aromatic rings. The second-order valence-corrected chi connectivity index (χ2v) is 13.2. The molecular formula is C38H46N6O8S. The minimum absolute atomic E-state index is 0.00174. The fraction of sp³-hybridized carbons (Fsp3) is 0.368. The molecule has 3 aromatic carbocycles. The number of hydrogen-bond donors (Lipinski definition) is 8. The van der Waals surface area contributed by atoms with E-state index in [2.05, 4.69) is 33.9 Å². The number of nitrogens with two attached hydrogens (primary N) is 1. The van der Waals surface area contributed by atoms with Gasteiger partial charge in [-0.3, -0.25) is 24.0 Å². The van der Waals surface area contributed by atoms with Gasteiger partial charge < -0.3 is 42.1 Å². The minimum Gasteiger partial charge on any atom is -0.480 e. The van der Waals surface area contributed by atoms with Crippen molar-refractivity contribution in [1.82, 2.24) is 26.2 Å². The highest BCUT2D eigenvalue weighted by atomic mass is 32.1. The average Bonchev–Trinajstić information content (AvgIpc) is 3.66. The van der Waals surface area contributed by atoms with Crippen LogP contribution in [0.1, 0.15) is 29.5 Å². The number of aliphatic carboxylic acids is 1. The van der Waals surface area contributed by atoms with Crippen molar-refractivity contribution in [2.24, 2.45) is 5.73 Å². The van der Waals surface area contributed by atoms with Gasteiger partial charge in [0.2, 0.25) is 29.5 Å². The van der Waals surface area contributed by atoms with Gasteiger partial charge >= 0.3 is 5.97 Å². The van der Waals surface area contributed by atoms with Crippen LogP contribution in [-0.2, 0) is 48.0 Å². The molecule has 0 aromatic heterocycles. The number of aliphatic hydroxyl groups excluding tert-OH is 1. The number of rotatable bonds is 18. The second kappa shape index (κ2) is 20.1. The molecule has 0 radical (unpaired) electrons. The smallest absolute Gasteiger partial charge is 0.326 e. The number of hydrogen-bond acceptors (Lipinski definition) is 9. The molecule has 282 valence electrons. The van der Waals surface area contributed by atoms with E-state index in [1.165, 1.54) is 4.90 Å². The zero-order valence-corrected chi connectivity index (χ0v) is 30.0. The van der Waals surface area contributed by atoms with Gasteiger partial charge in [-0.1, -0.05) is 91.0 Å². The van der Waals surface area contributed by atoms with Crippen LogP contribution >= 0.6 is 12.6 Å². The predicted molar refractivity (Wildman–Crippen MR) is 199 cm³/mol. The molecule has 1 fully saturated rings. The van der Waals surface area contributed by atoms with Crippen LogP contribution in [0, 0.1) is 0 Å². The van der Waals surface area contributed by atoms with E-state index in [0.29, 0.717) is 24.0 Å². The first kappa shape index (κ1) is 40.5. The van der Waals surface area contributed by atoms with Crippen LogP contribution in [0.3, 0.4) is 0 Å². The fourth-order valence-electron chi connectivity index (χ4n) is 6.04. The Hall–Kier alpha value is -5.25. The van der Waals surface area contributed by atoms with Crippen LogP contribution in [0.25, 0.3) is 0 Å². The van der Waals surface area contributed by atoms with Crippen LogP contribution < -0.4 is 27.0 Å². The highest BCUT2D eigenvalue weighted by Crippen LogP contribution is 2.20. The Bertz CT molecular complexity index is 1700. The molecule has 14 nitrogen and oxygen atoms in total. The van der Waals surface area contributed by atoms with Gasteiger partial charge in [-0.25, -0.2) is 4.79 Å². The zero-order chi connectivity index (χ0) is 38.3. The van der Waals surface area contributed by atoms with E-state index in [0.717, 1.165) is 5.56 Å². The summed E-state index contributed by atoms with van der Waals surface area (Å²) in [5.41, 5.74) is 8.27. The van der Waals surface area contributed by atoms with Gasteiger partial charge in [0.15, 0.2) is 0 Å². The van der Waals surface area contributed by atoms with Crippen molar-refractivity contribution >= 4 is 48.1 Å². The number of likely N-dealkylation sites (tertiary alicyclic amines) is 1. The van der Waals surface area contributed by atoms with Crippen LogP contribution in [0.5, 0.6) is 0 Å². The first-order valence-electron chi connectivity index (χ1n) is 17.3. The summed E-state index contributed by atoms with van der Waals surface area (Å²) in [7, 11) is 0. The lowest BCUT2D eigenvalue weighted by atomic mass is 10.0. The molecule has 1 heterocycles. The number of carbonyl (C=O) groups is 6. The van der Waals surface area contributed by atoms with E-state index in [9.17, 15) is 39.0 Å². The first-order valence-corrected chi connectivity index (χ1v) is 18.0. The van der Waals surface area contributed by atoms with E-state index in [1.54, 1.807) is 84.9 Å². The summed E-state index contributed by atoms with van der Waals surface area (Å²) in [5, 5.41) is 30.1. The predicted octanol–water partition coefficient (Wildman–Crippen LogP) is -0.0213. The van der Waals surface area contributed by atoms with Crippen molar-refractivity contribution < 1.29 is 39.0 Å².